The second kappa shape index (κ2) is 9.15. The monoisotopic (exact) mass is 340 g/mol. The minimum atomic E-state index is 0.326. The summed E-state index contributed by atoms with van der Waals surface area (Å²) in [5, 5.41) is 17.3. The first-order chi connectivity index (χ1) is 10.4. The Hall–Kier alpha value is -1.94. The highest BCUT2D eigenvalue weighted by Crippen LogP contribution is 1.92. The molecule has 0 amide bonds. The molecule has 22 heavy (non-hydrogen) atoms. The van der Waals surface area contributed by atoms with Crippen LogP contribution >= 0.6 is 24.4 Å². The van der Waals surface area contributed by atoms with E-state index in [1.807, 2.05) is 27.7 Å². The molecule has 0 spiro atoms. The SMILES string of the molecule is C/C1=N/NC(=S)N/N=C(\C)C/C(C)=N/NC(=S)N/N=C(\C)C1. The quantitative estimate of drug-likeness (QED) is 0.495. The number of thiocarbonyl (C=S) groups is 2. The van der Waals surface area contributed by atoms with Crippen LogP contribution in [-0.4, -0.2) is 33.1 Å². The van der Waals surface area contributed by atoms with Gasteiger partial charge in [0, 0.05) is 35.7 Å². The zero-order chi connectivity index (χ0) is 16.5. The normalized spacial score (nSPS) is 28.0. The summed E-state index contributed by atoms with van der Waals surface area (Å²) in [6.07, 6.45) is 1.16. The Kier molecular flexibility index (Phi) is 7.54. The standard InChI is InChI=1S/C12H20N8S2/c1-7-5-8(2)14-19-12(22)20-16-10(4)6-9(3)15-18-11(21)17-13-7/h5-6H2,1-4H3,(H2,17,18,21)(H2,19,20,22)/b13-7-,14-8+,15-9+,16-10+. The van der Waals surface area contributed by atoms with Crippen molar-refractivity contribution in [2.45, 2.75) is 40.5 Å². The van der Waals surface area contributed by atoms with Gasteiger partial charge in [-0.1, -0.05) is 0 Å². The molecular formula is C12H20N8S2. The molecule has 0 saturated heterocycles. The van der Waals surface area contributed by atoms with Gasteiger partial charge in [0.2, 0.25) is 10.2 Å². The fourth-order valence-electron chi connectivity index (χ4n) is 1.53. The van der Waals surface area contributed by atoms with Crippen molar-refractivity contribution < 1.29 is 0 Å². The summed E-state index contributed by atoms with van der Waals surface area (Å²) in [6, 6.07) is 0. The van der Waals surface area contributed by atoms with Crippen LogP contribution in [0.2, 0.25) is 0 Å². The third kappa shape index (κ3) is 7.74. The van der Waals surface area contributed by atoms with Gasteiger partial charge in [0.1, 0.15) is 0 Å². The van der Waals surface area contributed by atoms with Gasteiger partial charge in [-0.2, -0.15) is 20.4 Å². The van der Waals surface area contributed by atoms with Gasteiger partial charge in [0.15, 0.2) is 0 Å². The number of hydrogen-bond acceptors (Lipinski definition) is 6. The highest BCUT2D eigenvalue weighted by Gasteiger charge is 2.01. The minimum Gasteiger partial charge on any atom is -0.252 e. The van der Waals surface area contributed by atoms with Gasteiger partial charge in [0.25, 0.3) is 0 Å². The molecule has 0 bridgehead atoms. The van der Waals surface area contributed by atoms with Crippen LogP contribution in [0.15, 0.2) is 20.4 Å². The number of nitrogens with zero attached hydrogens (tertiary/aromatic N) is 4. The Morgan fingerprint density at radius 1 is 0.591 bits per heavy atom. The number of hydrogen-bond donors (Lipinski definition) is 4. The van der Waals surface area contributed by atoms with Crippen LogP contribution < -0.4 is 21.7 Å². The Morgan fingerprint density at radius 2 is 0.818 bits per heavy atom. The average molecular weight is 340 g/mol. The zero-order valence-electron chi connectivity index (χ0n) is 13.0. The predicted octanol–water partition coefficient (Wildman–Crippen LogP) is 1.21. The Balaban J connectivity index is 2.88. The molecule has 4 N–H and O–H groups in total. The molecule has 1 rings (SSSR count). The van der Waals surface area contributed by atoms with Crippen LogP contribution in [0.3, 0.4) is 0 Å². The summed E-state index contributed by atoms with van der Waals surface area (Å²) in [5.74, 6) is 0. The zero-order valence-corrected chi connectivity index (χ0v) is 14.7. The van der Waals surface area contributed by atoms with Gasteiger partial charge in [-0.25, -0.2) is 0 Å². The maximum atomic E-state index is 5.09. The van der Waals surface area contributed by atoms with Crippen LogP contribution in [0.4, 0.5) is 0 Å². The lowest BCUT2D eigenvalue weighted by atomic mass is 10.2. The summed E-state index contributed by atoms with van der Waals surface area (Å²) in [7, 11) is 0. The second-order valence-corrected chi connectivity index (χ2v) is 5.66. The fraction of sp³-hybridized carbons (Fsp3) is 0.500. The van der Waals surface area contributed by atoms with Crippen molar-refractivity contribution in [3.05, 3.63) is 0 Å². The van der Waals surface area contributed by atoms with Crippen molar-refractivity contribution >= 4 is 57.5 Å². The maximum absolute atomic E-state index is 5.09. The first kappa shape index (κ1) is 18.1. The van der Waals surface area contributed by atoms with E-state index in [2.05, 4.69) is 42.1 Å². The Morgan fingerprint density at radius 3 is 1.05 bits per heavy atom. The van der Waals surface area contributed by atoms with E-state index in [9.17, 15) is 0 Å². The molecule has 0 aromatic carbocycles. The third-order valence-corrected chi connectivity index (χ3v) is 2.78. The molecule has 1 heterocycles. The van der Waals surface area contributed by atoms with Gasteiger partial charge < -0.3 is 0 Å². The van der Waals surface area contributed by atoms with Crippen molar-refractivity contribution in [1.82, 2.24) is 21.7 Å². The van der Waals surface area contributed by atoms with Crippen molar-refractivity contribution in [1.29, 1.82) is 0 Å². The highest BCUT2D eigenvalue weighted by molar-refractivity contribution is 7.80. The Labute approximate surface area is 140 Å². The van der Waals surface area contributed by atoms with Gasteiger partial charge in [-0.15, -0.1) is 0 Å². The second-order valence-electron chi connectivity index (χ2n) is 4.85. The number of nitrogens with one attached hydrogen (secondary N) is 4. The third-order valence-electron chi connectivity index (χ3n) is 2.42. The van der Waals surface area contributed by atoms with Crippen molar-refractivity contribution in [3.8, 4) is 0 Å². The van der Waals surface area contributed by atoms with Crippen LogP contribution in [0.1, 0.15) is 40.5 Å². The lowest BCUT2D eigenvalue weighted by Crippen LogP contribution is -2.31. The smallest absolute Gasteiger partial charge is 0.207 e. The molecule has 0 aliphatic carbocycles. The largest absolute Gasteiger partial charge is 0.252 e. The predicted molar refractivity (Wildman–Crippen MR) is 99.4 cm³/mol. The van der Waals surface area contributed by atoms with Crippen LogP contribution in [0, 0.1) is 0 Å². The van der Waals surface area contributed by atoms with Gasteiger partial charge >= 0.3 is 0 Å². The van der Waals surface area contributed by atoms with E-state index >= 15 is 0 Å². The van der Waals surface area contributed by atoms with Crippen LogP contribution in [0.5, 0.6) is 0 Å². The summed E-state index contributed by atoms with van der Waals surface area (Å²) in [4.78, 5) is 0. The molecule has 1 aliphatic heterocycles. The van der Waals surface area contributed by atoms with Gasteiger partial charge in [-0.3, -0.25) is 21.7 Å². The van der Waals surface area contributed by atoms with Crippen molar-refractivity contribution in [2.75, 3.05) is 0 Å². The van der Waals surface area contributed by atoms with Gasteiger partial charge in [0.05, 0.1) is 0 Å². The molecule has 0 atom stereocenters. The van der Waals surface area contributed by atoms with E-state index < -0.39 is 0 Å². The first-order valence-corrected chi connectivity index (χ1v) is 7.43. The van der Waals surface area contributed by atoms with E-state index in [0.29, 0.717) is 23.1 Å². The maximum Gasteiger partial charge on any atom is 0.207 e. The molecule has 10 heteroatoms. The average Bonchev–Trinajstić information content (AvgIpc) is 2.46. The molecular weight excluding hydrogens is 320 g/mol. The lowest BCUT2D eigenvalue weighted by Gasteiger charge is -2.08. The van der Waals surface area contributed by atoms with E-state index in [1.54, 1.807) is 0 Å². The molecule has 0 radical (unpaired) electrons. The first-order valence-electron chi connectivity index (χ1n) is 6.61. The van der Waals surface area contributed by atoms with Crippen molar-refractivity contribution in [2.24, 2.45) is 20.4 Å². The van der Waals surface area contributed by atoms with E-state index in [-0.39, 0.29) is 0 Å². The molecule has 120 valence electrons. The van der Waals surface area contributed by atoms with Crippen LogP contribution in [-0.2, 0) is 0 Å². The summed E-state index contributed by atoms with van der Waals surface area (Å²) in [5.41, 5.74) is 14.2. The molecule has 0 aromatic rings. The molecule has 0 saturated carbocycles. The minimum absolute atomic E-state index is 0.326. The Bertz CT molecular complexity index is 467. The summed E-state index contributed by atoms with van der Waals surface area (Å²) >= 11 is 10.2. The topological polar surface area (TPSA) is 97.6 Å². The number of rotatable bonds is 0. The molecule has 1 aliphatic rings. The van der Waals surface area contributed by atoms with Crippen molar-refractivity contribution in [3.63, 3.8) is 0 Å². The molecule has 0 unspecified atom stereocenters. The molecule has 0 fully saturated rings. The van der Waals surface area contributed by atoms with E-state index in [0.717, 1.165) is 22.8 Å². The van der Waals surface area contributed by atoms with E-state index in [1.165, 1.54) is 0 Å². The highest BCUT2D eigenvalue weighted by atomic mass is 32.1. The molecule has 0 aromatic heterocycles. The lowest BCUT2D eigenvalue weighted by molar-refractivity contribution is 0.906. The molecule has 8 nitrogen and oxygen atoms in total. The fourth-order valence-corrected chi connectivity index (χ4v) is 1.72. The summed E-state index contributed by atoms with van der Waals surface area (Å²) < 4.78 is 0. The van der Waals surface area contributed by atoms with E-state index in [4.69, 9.17) is 24.4 Å². The summed E-state index contributed by atoms with van der Waals surface area (Å²) in [6.45, 7) is 7.49. The number of hydrazone groups is 4. The van der Waals surface area contributed by atoms with Crippen LogP contribution in [0.25, 0.3) is 0 Å². The van der Waals surface area contributed by atoms with Gasteiger partial charge in [-0.05, 0) is 52.1 Å².